The van der Waals surface area contributed by atoms with Crippen LogP contribution in [0.15, 0.2) is 54.3 Å². The number of unbranched alkanes of at least 4 members (excludes halogenated alkanes) is 5. The van der Waals surface area contributed by atoms with Gasteiger partial charge in [-0.3, -0.25) is 19.8 Å². The molecule has 2 aliphatic rings. The van der Waals surface area contributed by atoms with Gasteiger partial charge < -0.3 is 23.8 Å². The number of carbonyl (C=O) groups is 3. The number of fused-ring (bicyclic) bond motifs is 3. The Bertz CT molecular complexity index is 1490. The number of carbonyl (C=O) groups excluding carboxylic acids is 3. The van der Waals surface area contributed by atoms with Gasteiger partial charge in [0.2, 0.25) is 5.91 Å². The fraction of sp³-hybridized carbons (Fsp3) is 0.541. The van der Waals surface area contributed by atoms with E-state index >= 15 is 0 Å². The van der Waals surface area contributed by atoms with Crippen LogP contribution < -0.4 is 9.64 Å². The molecule has 12 nitrogen and oxygen atoms in total. The number of nitro benzene ring substituents is 1. The van der Waals surface area contributed by atoms with Crippen molar-refractivity contribution in [3.05, 3.63) is 75.5 Å². The third kappa shape index (κ3) is 9.38. The summed E-state index contributed by atoms with van der Waals surface area (Å²) in [6.07, 6.45) is 8.80. The van der Waals surface area contributed by atoms with Crippen molar-refractivity contribution in [1.82, 2.24) is 4.90 Å². The van der Waals surface area contributed by atoms with E-state index in [4.69, 9.17) is 18.9 Å². The lowest BCUT2D eigenvalue weighted by Gasteiger charge is -2.46. The van der Waals surface area contributed by atoms with Crippen LogP contribution in [0, 0.1) is 22.0 Å². The molecule has 2 aromatic rings. The van der Waals surface area contributed by atoms with Crippen LogP contribution in [-0.4, -0.2) is 75.2 Å². The molecule has 0 aromatic heterocycles. The normalized spacial score (nSPS) is 19.6. The Morgan fingerprint density at radius 1 is 1.02 bits per heavy atom. The van der Waals surface area contributed by atoms with Gasteiger partial charge in [0.25, 0.3) is 5.69 Å². The number of rotatable bonds is 16. The summed E-state index contributed by atoms with van der Waals surface area (Å²) in [4.78, 5) is 53.9. The lowest BCUT2D eigenvalue weighted by molar-refractivity contribution is -0.385. The van der Waals surface area contributed by atoms with Gasteiger partial charge in [-0.25, -0.2) is 9.59 Å². The molecule has 4 rings (SSSR count). The van der Waals surface area contributed by atoms with Gasteiger partial charge in [-0.05, 0) is 48.8 Å². The smallest absolute Gasteiger partial charge is 0.345 e. The number of ether oxygens (including phenoxy) is 4. The highest BCUT2D eigenvalue weighted by molar-refractivity contribution is 5.95. The number of esters is 2. The second-order valence-electron chi connectivity index (χ2n) is 12.6. The number of para-hydroxylation sites is 1. The summed E-state index contributed by atoms with van der Waals surface area (Å²) < 4.78 is 20.8. The second-order valence-corrected chi connectivity index (χ2v) is 12.6. The van der Waals surface area contributed by atoms with Crippen LogP contribution in [0.5, 0.6) is 5.75 Å². The summed E-state index contributed by atoms with van der Waals surface area (Å²) in [6.45, 7) is 4.38. The molecule has 266 valence electrons. The van der Waals surface area contributed by atoms with E-state index in [-0.39, 0.29) is 47.6 Å². The number of methoxy groups -OCH3 is 3. The molecule has 3 atom stereocenters. The van der Waals surface area contributed by atoms with Gasteiger partial charge >= 0.3 is 11.9 Å². The van der Waals surface area contributed by atoms with E-state index in [1.165, 1.54) is 38.7 Å². The van der Waals surface area contributed by atoms with Crippen molar-refractivity contribution in [2.24, 2.45) is 11.8 Å². The second kappa shape index (κ2) is 18.4. The first-order valence-electron chi connectivity index (χ1n) is 17.2. The molecule has 0 bridgehead atoms. The molecule has 1 fully saturated rings. The van der Waals surface area contributed by atoms with Gasteiger partial charge in [-0.1, -0.05) is 57.2 Å². The number of amides is 1. The molecule has 1 unspecified atom stereocenters. The molecule has 2 aromatic carbocycles. The Morgan fingerprint density at radius 3 is 2.45 bits per heavy atom. The number of hydrogen-bond acceptors (Lipinski definition) is 10. The summed E-state index contributed by atoms with van der Waals surface area (Å²) in [5.41, 5.74) is 2.15. The van der Waals surface area contributed by atoms with Crippen LogP contribution in [0.4, 0.5) is 11.4 Å². The molecule has 1 saturated heterocycles. The molecule has 0 aliphatic carbocycles. The van der Waals surface area contributed by atoms with Crippen LogP contribution in [0.1, 0.15) is 86.7 Å². The van der Waals surface area contributed by atoms with Crippen molar-refractivity contribution in [2.75, 3.05) is 52.5 Å². The largest absolute Gasteiger partial charge is 0.504 e. The van der Waals surface area contributed by atoms with Crippen molar-refractivity contribution in [3.8, 4) is 5.75 Å². The number of anilines is 1. The monoisotopic (exact) mass is 679 g/mol. The van der Waals surface area contributed by atoms with E-state index in [9.17, 15) is 24.5 Å². The molecular weight excluding hydrogens is 630 g/mol. The summed E-state index contributed by atoms with van der Waals surface area (Å²) in [5.74, 6) is -0.437. The first-order valence-corrected chi connectivity index (χ1v) is 17.2. The van der Waals surface area contributed by atoms with E-state index in [0.29, 0.717) is 37.3 Å². The molecule has 1 amide bonds. The molecule has 0 spiro atoms. The topological polar surface area (TPSA) is 138 Å². The quantitative estimate of drug-likeness (QED) is 0.0475. The van der Waals surface area contributed by atoms with Gasteiger partial charge in [-0.2, -0.15) is 0 Å². The molecule has 12 heteroatoms. The Labute approximate surface area is 288 Å². The maximum Gasteiger partial charge on any atom is 0.345 e. The van der Waals surface area contributed by atoms with Crippen molar-refractivity contribution < 1.29 is 38.3 Å². The predicted octanol–water partition coefficient (Wildman–Crippen LogP) is 6.63. The van der Waals surface area contributed by atoms with E-state index in [0.717, 1.165) is 62.7 Å². The van der Waals surface area contributed by atoms with Crippen LogP contribution in [-0.2, 0) is 23.8 Å². The van der Waals surface area contributed by atoms with Gasteiger partial charge in [0.15, 0.2) is 0 Å². The Kier molecular flexibility index (Phi) is 14.0. The minimum atomic E-state index is -0.740. The maximum absolute atomic E-state index is 13.6. The lowest BCUT2D eigenvalue weighted by atomic mass is 9.74. The fourth-order valence-corrected chi connectivity index (χ4v) is 7.09. The molecule has 2 heterocycles. The predicted molar refractivity (Wildman–Crippen MR) is 184 cm³/mol. The number of benzene rings is 2. The van der Waals surface area contributed by atoms with Crippen molar-refractivity contribution in [3.63, 3.8) is 0 Å². The van der Waals surface area contributed by atoms with E-state index < -0.39 is 10.9 Å². The first-order chi connectivity index (χ1) is 23.7. The highest BCUT2D eigenvalue weighted by Gasteiger charge is 2.41. The molecule has 0 N–H and O–H groups in total. The number of piperidine rings is 1. The zero-order valence-electron chi connectivity index (χ0n) is 29.1. The fourth-order valence-electron chi connectivity index (χ4n) is 7.09. The average molecular weight is 680 g/mol. The highest BCUT2D eigenvalue weighted by Crippen LogP contribution is 2.45. The van der Waals surface area contributed by atoms with E-state index in [2.05, 4.69) is 17.9 Å². The number of nitro groups is 1. The van der Waals surface area contributed by atoms with Crippen LogP contribution in [0.3, 0.4) is 0 Å². The summed E-state index contributed by atoms with van der Waals surface area (Å²) in [7, 11) is 4.37. The van der Waals surface area contributed by atoms with Crippen molar-refractivity contribution in [1.29, 1.82) is 0 Å². The number of nitrogens with zero attached hydrogens (tertiary/aromatic N) is 3. The van der Waals surface area contributed by atoms with Gasteiger partial charge in [0, 0.05) is 49.9 Å². The Morgan fingerprint density at radius 2 is 1.76 bits per heavy atom. The summed E-state index contributed by atoms with van der Waals surface area (Å²) in [6, 6.07) is 12.2. The van der Waals surface area contributed by atoms with Crippen LogP contribution >= 0.6 is 0 Å². The Balaban J connectivity index is 1.30. The van der Waals surface area contributed by atoms with Crippen molar-refractivity contribution >= 4 is 29.2 Å². The van der Waals surface area contributed by atoms with Crippen LogP contribution in [0.25, 0.3) is 0 Å². The molecule has 0 radical (unpaired) electrons. The van der Waals surface area contributed by atoms with Crippen LogP contribution in [0.2, 0.25) is 0 Å². The van der Waals surface area contributed by atoms with Gasteiger partial charge in [0.1, 0.15) is 11.3 Å². The minimum Gasteiger partial charge on any atom is -0.504 e. The zero-order chi connectivity index (χ0) is 35.3. The highest BCUT2D eigenvalue weighted by atomic mass is 16.6. The molecular formula is C37H49N3O9. The Hall–Kier alpha value is -4.45. The average Bonchev–Trinajstić information content (AvgIpc) is 3.12. The SMILES string of the molecule is CC[C@H]1CN2CCC(=O)N(CCCCCCCCOC(=O)c3cc(OC)ccc3[N+](=O)[O-])c3ccccc3C2C[C@@H]1/C(=C\OC)C(=O)OC. The van der Waals surface area contributed by atoms with Gasteiger partial charge in [0.05, 0.1) is 44.7 Å². The van der Waals surface area contributed by atoms with Gasteiger partial charge in [-0.15, -0.1) is 0 Å². The maximum atomic E-state index is 13.6. The van der Waals surface area contributed by atoms with Crippen molar-refractivity contribution in [2.45, 2.75) is 70.8 Å². The first kappa shape index (κ1) is 37.4. The standard InChI is InChI=1S/C37H49N3O9/c1-5-26-24-38-20-18-35(41)39(32-15-11-10-14-28(32)34(38)23-29(26)31(25-46-2)36(42)48-4)19-12-8-6-7-9-13-21-49-37(43)30-22-27(47-3)16-17-33(30)40(44)45/h10-11,14-17,22,25-26,29,34H,5-9,12-13,18-21,23-24H2,1-4H3/b31-25+/t26-,29-,34?/m0/s1. The molecule has 0 saturated carbocycles. The third-order valence-electron chi connectivity index (χ3n) is 9.68. The van der Waals surface area contributed by atoms with E-state index in [1.54, 1.807) is 7.11 Å². The van der Waals surface area contributed by atoms with E-state index in [1.807, 2.05) is 23.1 Å². The zero-order valence-corrected chi connectivity index (χ0v) is 29.1. The number of hydrogen-bond donors (Lipinski definition) is 0. The summed E-state index contributed by atoms with van der Waals surface area (Å²) in [5, 5.41) is 11.3. The lowest BCUT2D eigenvalue weighted by Crippen LogP contribution is -2.47. The third-order valence-corrected chi connectivity index (χ3v) is 9.68. The molecule has 49 heavy (non-hydrogen) atoms. The summed E-state index contributed by atoms with van der Waals surface area (Å²) >= 11 is 0. The molecule has 2 aliphatic heterocycles. The minimum absolute atomic E-state index is 0.0285.